The number of carbonyl (C=O) groups is 1. The van der Waals surface area contributed by atoms with Crippen LogP contribution in [0.4, 0.5) is 0 Å². The molecular weight excluding hydrogens is 340 g/mol. The molecule has 0 saturated carbocycles. The number of carbonyl (C=O) groups excluding carboxylic acids is 1. The van der Waals surface area contributed by atoms with Crippen LogP contribution in [0, 0.1) is 0 Å². The topological polar surface area (TPSA) is 66.8 Å². The summed E-state index contributed by atoms with van der Waals surface area (Å²) in [6.45, 7) is 2.05. The summed E-state index contributed by atoms with van der Waals surface area (Å²) in [5, 5.41) is 20.0. The zero-order valence-electron chi connectivity index (χ0n) is 14.8. The lowest BCUT2D eigenvalue weighted by molar-refractivity contribution is 0.0240. The van der Waals surface area contributed by atoms with Gasteiger partial charge in [0.25, 0.3) is 0 Å². The molecule has 0 unspecified atom stereocenters. The van der Waals surface area contributed by atoms with Crippen LogP contribution in [-0.4, -0.2) is 16.2 Å². The standard InChI is InChI=1S/C23H18O4/c1-2-13-3-6-21-18(9-13)22(26)27-23(21)19-7-4-16(24)11-14(19)10-15-12-17(25)5-8-20(15)23/h3-9,11-12,24-25H,2,10H2,1H3. The average Bonchev–Trinajstić information content (AvgIpc) is 2.94. The summed E-state index contributed by atoms with van der Waals surface area (Å²) in [6, 6.07) is 16.2. The first-order valence-electron chi connectivity index (χ1n) is 9.04. The molecule has 0 atom stereocenters. The fraction of sp³-hybridized carbons (Fsp3) is 0.174. The Labute approximate surface area is 156 Å². The third kappa shape index (κ3) is 2.07. The minimum Gasteiger partial charge on any atom is -0.508 e. The summed E-state index contributed by atoms with van der Waals surface area (Å²) in [4.78, 5) is 12.8. The van der Waals surface area contributed by atoms with Gasteiger partial charge in [0.2, 0.25) is 0 Å². The first-order valence-corrected chi connectivity index (χ1v) is 9.04. The van der Waals surface area contributed by atoms with Crippen LogP contribution in [-0.2, 0) is 23.2 Å². The number of aromatic hydroxyl groups is 2. The van der Waals surface area contributed by atoms with Crippen LogP contribution < -0.4 is 0 Å². The van der Waals surface area contributed by atoms with E-state index in [4.69, 9.17) is 4.74 Å². The van der Waals surface area contributed by atoms with Gasteiger partial charge in [0.15, 0.2) is 5.60 Å². The van der Waals surface area contributed by atoms with Crippen LogP contribution in [0.3, 0.4) is 0 Å². The molecule has 1 aliphatic carbocycles. The number of phenolic OH excluding ortho intramolecular Hbond substituents is 2. The van der Waals surface area contributed by atoms with E-state index >= 15 is 0 Å². The molecule has 0 saturated heterocycles. The van der Waals surface area contributed by atoms with Gasteiger partial charge in [-0.05, 0) is 59.9 Å². The van der Waals surface area contributed by atoms with Gasteiger partial charge < -0.3 is 14.9 Å². The van der Waals surface area contributed by atoms with Gasteiger partial charge in [-0.1, -0.05) is 31.2 Å². The lowest BCUT2D eigenvalue weighted by Gasteiger charge is -2.37. The fourth-order valence-corrected chi connectivity index (χ4v) is 4.43. The van der Waals surface area contributed by atoms with Gasteiger partial charge in [-0.15, -0.1) is 0 Å². The second-order valence-corrected chi connectivity index (χ2v) is 7.16. The van der Waals surface area contributed by atoms with Crippen LogP contribution in [0.2, 0.25) is 0 Å². The molecule has 1 aliphatic heterocycles. The van der Waals surface area contributed by atoms with E-state index in [9.17, 15) is 15.0 Å². The van der Waals surface area contributed by atoms with Crippen molar-refractivity contribution in [3.8, 4) is 11.5 Å². The number of hydrogen-bond acceptors (Lipinski definition) is 4. The maximum Gasteiger partial charge on any atom is 0.340 e. The molecule has 1 heterocycles. The number of rotatable bonds is 1. The molecule has 0 amide bonds. The van der Waals surface area contributed by atoms with Gasteiger partial charge in [0.05, 0.1) is 5.56 Å². The van der Waals surface area contributed by atoms with Crippen LogP contribution >= 0.6 is 0 Å². The fourth-order valence-electron chi connectivity index (χ4n) is 4.43. The number of phenols is 2. The van der Waals surface area contributed by atoms with Crippen molar-refractivity contribution in [2.75, 3.05) is 0 Å². The average molecular weight is 358 g/mol. The Balaban J connectivity index is 1.87. The molecule has 4 heteroatoms. The van der Waals surface area contributed by atoms with Crippen LogP contribution in [0.15, 0.2) is 54.6 Å². The van der Waals surface area contributed by atoms with Gasteiger partial charge in [-0.25, -0.2) is 4.79 Å². The molecule has 2 N–H and O–H groups in total. The normalized spacial score (nSPS) is 15.8. The zero-order valence-corrected chi connectivity index (χ0v) is 14.8. The largest absolute Gasteiger partial charge is 0.508 e. The molecule has 2 aliphatic rings. The highest BCUT2D eigenvalue weighted by Crippen LogP contribution is 2.52. The predicted molar refractivity (Wildman–Crippen MR) is 100 cm³/mol. The van der Waals surface area contributed by atoms with Crippen molar-refractivity contribution < 1.29 is 19.7 Å². The molecule has 0 radical (unpaired) electrons. The van der Waals surface area contributed by atoms with E-state index in [1.54, 1.807) is 24.3 Å². The number of hydrogen-bond donors (Lipinski definition) is 2. The third-order valence-corrected chi connectivity index (χ3v) is 5.65. The summed E-state index contributed by atoms with van der Waals surface area (Å²) in [5.41, 5.74) is 4.89. The molecule has 27 heavy (non-hydrogen) atoms. The van der Waals surface area contributed by atoms with E-state index in [0.717, 1.165) is 39.8 Å². The highest BCUT2D eigenvalue weighted by molar-refractivity contribution is 5.97. The molecule has 3 aromatic rings. The summed E-state index contributed by atoms with van der Waals surface area (Å²) >= 11 is 0. The molecule has 0 bridgehead atoms. The first-order chi connectivity index (χ1) is 13.0. The van der Waals surface area contributed by atoms with Crippen molar-refractivity contribution in [2.45, 2.75) is 25.4 Å². The monoisotopic (exact) mass is 358 g/mol. The first kappa shape index (κ1) is 15.9. The molecule has 3 aromatic carbocycles. The van der Waals surface area contributed by atoms with Crippen LogP contribution in [0.1, 0.15) is 50.7 Å². The maximum absolute atomic E-state index is 12.8. The van der Waals surface area contributed by atoms with Crippen LogP contribution in [0.25, 0.3) is 0 Å². The molecule has 0 aromatic heterocycles. The minimum absolute atomic E-state index is 0.165. The third-order valence-electron chi connectivity index (χ3n) is 5.65. The maximum atomic E-state index is 12.8. The summed E-state index contributed by atoms with van der Waals surface area (Å²) in [5.74, 6) is -0.0167. The molecule has 4 nitrogen and oxygen atoms in total. The second-order valence-electron chi connectivity index (χ2n) is 7.16. The molecule has 5 rings (SSSR count). The van der Waals surface area contributed by atoms with E-state index in [1.807, 2.05) is 30.3 Å². The predicted octanol–water partition coefficient (Wildman–Crippen LogP) is 4.03. The Hall–Kier alpha value is -3.27. The number of fused-ring (bicyclic) bond motifs is 6. The number of ether oxygens (including phenoxy) is 1. The summed E-state index contributed by atoms with van der Waals surface area (Å²) in [7, 11) is 0. The van der Waals surface area contributed by atoms with Crippen molar-refractivity contribution in [1.29, 1.82) is 0 Å². The van der Waals surface area contributed by atoms with Crippen LogP contribution in [0.5, 0.6) is 11.5 Å². The quantitative estimate of drug-likeness (QED) is 0.645. The number of aryl methyl sites for hydroxylation is 1. The summed E-state index contributed by atoms with van der Waals surface area (Å²) in [6.07, 6.45) is 1.39. The van der Waals surface area contributed by atoms with Crippen molar-refractivity contribution in [2.24, 2.45) is 0 Å². The van der Waals surface area contributed by atoms with Gasteiger partial charge in [-0.3, -0.25) is 0 Å². The number of esters is 1. The van der Waals surface area contributed by atoms with Gasteiger partial charge in [-0.2, -0.15) is 0 Å². The Bertz CT molecular complexity index is 1060. The Morgan fingerprint density at radius 2 is 1.48 bits per heavy atom. The van der Waals surface area contributed by atoms with E-state index in [0.29, 0.717) is 12.0 Å². The van der Waals surface area contributed by atoms with Gasteiger partial charge in [0, 0.05) is 16.7 Å². The molecule has 134 valence electrons. The van der Waals surface area contributed by atoms with E-state index < -0.39 is 5.60 Å². The van der Waals surface area contributed by atoms with Crippen molar-refractivity contribution in [1.82, 2.24) is 0 Å². The SMILES string of the molecule is CCc1ccc2c(c1)C(=O)OC21c2ccc(O)cc2Cc2cc(O)ccc21. The van der Waals surface area contributed by atoms with Crippen molar-refractivity contribution >= 4 is 5.97 Å². The van der Waals surface area contributed by atoms with E-state index in [2.05, 4.69) is 6.92 Å². The zero-order chi connectivity index (χ0) is 18.8. The smallest absolute Gasteiger partial charge is 0.340 e. The molecule has 0 fully saturated rings. The Kier molecular flexibility index (Phi) is 3.17. The Morgan fingerprint density at radius 3 is 2.07 bits per heavy atom. The molecular formula is C23H18O4. The van der Waals surface area contributed by atoms with E-state index in [1.165, 1.54) is 0 Å². The van der Waals surface area contributed by atoms with Gasteiger partial charge >= 0.3 is 5.97 Å². The summed E-state index contributed by atoms with van der Waals surface area (Å²) < 4.78 is 6.09. The minimum atomic E-state index is -1.05. The highest BCUT2D eigenvalue weighted by Gasteiger charge is 2.52. The Morgan fingerprint density at radius 1 is 0.889 bits per heavy atom. The highest BCUT2D eigenvalue weighted by atomic mass is 16.6. The lowest BCUT2D eigenvalue weighted by Crippen LogP contribution is -2.34. The van der Waals surface area contributed by atoms with Crippen molar-refractivity contribution in [3.63, 3.8) is 0 Å². The van der Waals surface area contributed by atoms with E-state index in [-0.39, 0.29) is 17.5 Å². The van der Waals surface area contributed by atoms with Gasteiger partial charge in [0.1, 0.15) is 11.5 Å². The molecule has 1 spiro atoms. The lowest BCUT2D eigenvalue weighted by atomic mass is 9.71. The second kappa shape index (κ2) is 5.36. The number of benzene rings is 3. The van der Waals surface area contributed by atoms with Crippen molar-refractivity contribution in [3.05, 3.63) is 93.5 Å².